The molecular weight excluding hydrogens is 326 g/mol. The minimum absolute atomic E-state index is 0.135. The zero-order valence-corrected chi connectivity index (χ0v) is 15.3. The molecule has 1 amide bonds. The van der Waals surface area contributed by atoms with Crippen LogP contribution in [0.2, 0.25) is 0 Å². The summed E-state index contributed by atoms with van der Waals surface area (Å²) in [6, 6.07) is 9.73. The van der Waals surface area contributed by atoms with E-state index in [1.54, 1.807) is 18.5 Å². The zero-order chi connectivity index (χ0) is 18.7. The average Bonchev–Trinajstić information content (AvgIpc) is 3.03. The first-order valence-electron chi connectivity index (χ1n) is 8.70. The minimum Gasteiger partial charge on any atom is -0.368 e. The van der Waals surface area contributed by atoms with Gasteiger partial charge in [-0.2, -0.15) is 0 Å². The number of anilines is 2. The maximum Gasteiger partial charge on any atom is 0.257 e. The van der Waals surface area contributed by atoms with E-state index in [4.69, 9.17) is 5.73 Å². The molecule has 0 spiro atoms. The van der Waals surface area contributed by atoms with Gasteiger partial charge in [-0.15, -0.1) is 0 Å². The lowest BCUT2D eigenvalue weighted by atomic mass is 10.0. The number of benzene rings is 1. The predicted octanol–water partition coefficient (Wildman–Crippen LogP) is 3.44. The molecule has 2 heterocycles. The molecule has 2 aromatic heterocycles. The number of nitrogens with one attached hydrogen (secondary N) is 1. The highest BCUT2D eigenvalue weighted by molar-refractivity contribution is 6.05. The van der Waals surface area contributed by atoms with Crippen LogP contribution in [0.15, 0.2) is 42.7 Å². The smallest absolute Gasteiger partial charge is 0.257 e. The molecule has 6 nitrogen and oxygen atoms in total. The van der Waals surface area contributed by atoms with Gasteiger partial charge < -0.3 is 15.6 Å². The van der Waals surface area contributed by atoms with E-state index in [1.165, 1.54) is 0 Å². The Kier molecular flexibility index (Phi) is 5.02. The zero-order valence-electron chi connectivity index (χ0n) is 15.3. The van der Waals surface area contributed by atoms with Crippen molar-refractivity contribution in [1.29, 1.82) is 0 Å². The van der Waals surface area contributed by atoms with Gasteiger partial charge in [0.15, 0.2) is 0 Å². The minimum atomic E-state index is -0.135. The Hall–Kier alpha value is -3.15. The van der Waals surface area contributed by atoms with Gasteiger partial charge in [-0.1, -0.05) is 32.0 Å². The molecule has 1 aromatic carbocycles. The van der Waals surface area contributed by atoms with Crippen LogP contribution in [0.4, 0.5) is 11.6 Å². The summed E-state index contributed by atoms with van der Waals surface area (Å²) in [5.74, 6) is 0.0728. The first-order valence-corrected chi connectivity index (χ1v) is 8.70. The summed E-state index contributed by atoms with van der Waals surface area (Å²) in [5.41, 5.74) is 10.9. The molecule has 0 saturated carbocycles. The highest BCUT2D eigenvalue weighted by atomic mass is 16.1. The van der Waals surface area contributed by atoms with Crippen molar-refractivity contribution < 1.29 is 4.79 Å². The number of nitrogens with zero attached hydrogens (tertiary/aromatic N) is 3. The van der Waals surface area contributed by atoms with E-state index < -0.39 is 0 Å². The fraction of sp³-hybridized carbons (Fsp3) is 0.250. The van der Waals surface area contributed by atoms with Crippen LogP contribution in [0.1, 0.15) is 35.3 Å². The van der Waals surface area contributed by atoms with Crippen molar-refractivity contribution in [2.75, 3.05) is 11.1 Å². The topological polar surface area (TPSA) is 85.8 Å². The van der Waals surface area contributed by atoms with Crippen LogP contribution in [0.5, 0.6) is 0 Å². The molecule has 134 valence electrons. The van der Waals surface area contributed by atoms with Crippen LogP contribution in [-0.4, -0.2) is 20.4 Å². The maximum absolute atomic E-state index is 12.8. The molecular formula is C20H23N5O. The third-order valence-electron chi connectivity index (χ3n) is 4.44. The summed E-state index contributed by atoms with van der Waals surface area (Å²) in [5, 5.41) is 3.09. The molecule has 3 rings (SSSR count). The molecule has 0 fully saturated rings. The Morgan fingerprint density at radius 1 is 1.19 bits per heavy atom. The fourth-order valence-electron chi connectivity index (χ4n) is 3.05. The lowest BCUT2D eigenvalue weighted by Crippen LogP contribution is -2.14. The van der Waals surface area contributed by atoms with Crippen LogP contribution < -0.4 is 11.1 Å². The van der Waals surface area contributed by atoms with E-state index in [9.17, 15) is 4.79 Å². The monoisotopic (exact) mass is 349 g/mol. The van der Waals surface area contributed by atoms with E-state index in [-0.39, 0.29) is 11.9 Å². The molecule has 3 aromatic rings. The van der Waals surface area contributed by atoms with Crippen molar-refractivity contribution in [3.63, 3.8) is 0 Å². The lowest BCUT2D eigenvalue weighted by Gasteiger charge is -2.13. The summed E-state index contributed by atoms with van der Waals surface area (Å²) in [4.78, 5) is 21.0. The Labute approximate surface area is 153 Å². The van der Waals surface area contributed by atoms with Gasteiger partial charge in [-0.25, -0.2) is 9.97 Å². The average molecular weight is 349 g/mol. The van der Waals surface area contributed by atoms with Crippen LogP contribution in [0.3, 0.4) is 0 Å². The summed E-state index contributed by atoms with van der Waals surface area (Å²) in [7, 11) is 1.88. The number of hydrogen-bond acceptors (Lipinski definition) is 4. The molecule has 26 heavy (non-hydrogen) atoms. The van der Waals surface area contributed by atoms with Gasteiger partial charge >= 0.3 is 0 Å². The quantitative estimate of drug-likeness (QED) is 0.739. The van der Waals surface area contributed by atoms with Gasteiger partial charge in [-0.3, -0.25) is 4.79 Å². The number of para-hydroxylation sites is 1. The second kappa shape index (κ2) is 7.39. The Balaban J connectivity index is 1.92. The largest absolute Gasteiger partial charge is 0.368 e. The van der Waals surface area contributed by atoms with Crippen molar-refractivity contribution in [3.05, 3.63) is 59.4 Å². The number of carbonyl (C=O) groups is 1. The lowest BCUT2D eigenvalue weighted by molar-refractivity contribution is 0.102. The van der Waals surface area contributed by atoms with E-state index in [0.717, 1.165) is 35.3 Å². The maximum atomic E-state index is 12.8. The number of carbonyl (C=O) groups excluding carboxylic acids is 1. The van der Waals surface area contributed by atoms with Crippen LogP contribution in [0, 0.1) is 0 Å². The Morgan fingerprint density at radius 2 is 1.88 bits per heavy atom. The van der Waals surface area contributed by atoms with Gasteiger partial charge in [-0.05, 0) is 36.1 Å². The standard InChI is InChI=1S/C20H23N5O/c1-4-13-7-6-8-14(5-2)18(13)24-19(26)15-11-17(25(3)12-15)16-9-10-22-20(21)23-16/h6-12H,4-5H2,1-3H3,(H,24,26)(H2,21,22,23). The number of nitrogens with two attached hydrogens (primary N) is 1. The number of hydrogen-bond donors (Lipinski definition) is 2. The second-order valence-electron chi connectivity index (χ2n) is 6.14. The Morgan fingerprint density at radius 3 is 2.50 bits per heavy atom. The second-order valence-corrected chi connectivity index (χ2v) is 6.14. The third-order valence-corrected chi connectivity index (χ3v) is 4.44. The van der Waals surface area contributed by atoms with Gasteiger partial charge in [0.25, 0.3) is 5.91 Å². The van der Waals surface area contributed by atoms with Crippen molar-refractivity contribution >= 4 is 17.5 Å². The van der Waals surface area contributed by atoms with E-state index in [1.807, 2.05) is 23.7 Å². The molecule has 0 radical (unpaired) electrons. The van der Waals surface area contributed by atoms with Crippen molar-refractivity contribution in [3.8, 4) is 11.4 Å². The highest BCUT2D eigenvalue weighted by Crippen LogP contribution is 2.25. The summed E-state index contributed by atoms with van der Waals surface area (Å²) in [6.07, 6.45) is 5.13. The van der Waals surface area contributed by atoms with Crippen molar-refractivity contribution in [2.45, 2.75) is 26.7 Å². The molecule has 0 aliphatic rings. The molecule has 0 atom stereocenters. The molecule has 6 heteroatoms. The normalized spacial score (nSPS) is 10.7. The number of rotatable bonds is 5. The number of aryl methyl sites for hydroxylation is 3. The summed E-state index contributed by atoms with van der Waals surface area (Å²) < 4.78 is 1.86. The van der Waals surface area contributed by atoms with E-state index in [0.29, 0.717) is 11.3 Å². The van der Waals surface area contributed by atoms with Gasteiger partial charge in [0.1, 0.15) is 0 Å². The first-order chi connectivity index (χ1) is 12.5. The van der Waals surface area contributed by atoms with Crippen LogP contribution in [-0.2, 0) is 19.9 Å². The molecule has 0 unspecified atom stereocenters. The van der Waals surface area contributed by atoms with Crippen LogP contribution in [0.25, 0.3) is 11.4 Å². The van der Waals surface area contributed by atoms with Gasteiger partial charge in [0, 0.05) is 25.1 Å². The van der Waals surface area contributed by atoms with Gasteiger partial charge in [0.05, 0.1) is 17.0 Å². The fourth-order valence-corrected chi connectivity index (χ4v) is 3.05. The number of nitrogen functional groups attached to an aromatic ring is 1. The van der Waals surface area contributed by atoms with E-state index >= 15 is 0 Å². The highest BCUT2D eigenvalue weighted by Gasteiger charge is 2.16. The van der Waals surface area contributed by atoms with Gasteiger partial charge in [0.2, 0.25) is 5.95 Å². The molecule has 0 aliphatic carbocycles. The summed E-state index contributed by atoms with van der Waals surface area (Å²) >= 11 is 0. The molecule has 3 N–H and O–H groups in total. The molecule has 0 aliphatic heterocycles. The van der Waals surface area contributed by atoms with Crippen LogP contribution >= 0.6 is 0 Å². The number of aromatic nitrogens is 3. The number of amides is 1. The summed E-state index contributed by atoms with van der Waals surface area (Å²) in [6.45, 7) is 4.18. The Bertz CT molecular complexity index is 923. The molecule has 0 saturated heterocycles. The third kappa shape index (κ3) is 3.44. The van der Waals surface area contributed by atoms with E-state index in [2.05, 4.69) is 41.3 Å². The first kappa shape index (κ1) is 17.7. The van der Waals surface area contributed by atoms with Crippen molar-refractivity contribution in [1.82, 2.24) is 14.5 Å². The molecule has 0 bridgehead atoms. The van der Waals surface area contributed by atoms with Crippen molar-refractivity contribution in [2.24, 2.45) is 7.05 Å². The SMILES string of the molecule is CCc1cccc(CC)c1NC(=O)c1cc(-c2ccnc(N)n2)n(C)c1. The predicted molar refractivity (Wildman–Crippen MR) is 104 cm³/mol.